The van der Waals surface area contributed by atoms with Crippen LogP contribution < -0.4 is 0 Å². The van der Waals surface area contributed by atoms with E-state index in [-0.39, 0.29) is 5.41 Å². The summed E-state index contributed by atoms with van der Waals surface area (Å²) in [5.41, 5.74) is 13.0. The molecule has 0 bridgehead atoms. The van der Waals surface area contributed by atoms with Gasteiger partial charge in [-0.05, 0) is 111 Å². The fourth-order valence-corrected chi connectivity index (χ4v) is 8.79. The van der Waals surface area contributed by atoms with Crippen LogP contribution in [0.1, 0.15) is 25.0 Å². The van der Waals surface area contributed by atoms with Crippen LogP contribution in [0.25, 0.3) is 87.6 Å². The van der Waals surface area contributed by atoms with Crippen molar-refractivity contribution in [1.82, 2.24) is 0 Å². The molecular weight excluding hydrogens is 589 g/mol. The molecule has 0 unspecified atom stereocenters. The van der Waals surface area contributed by atoms with Crippen molar-refractivity contribution in [3.05, 3.63) is 181 Å². The second kappa shape index (κ2) is 10.5. The van der Waals surface area contributed by atoms with Gasteiger partial charge in [-0.15, -0.1) is 0 Å². The summed E-state index contributed by atoms with van der Waals surface area (Å²) < 4.78 is 0. The summed E-state index contributed by atoms with van der Waals surface area (Å²) >= 11 is 0. The van der Waals surface area contributed by atoms with Gasteiger partial charge in [0.1, 0.15) is 0 Å². The van der Waals surface area contributed by atoms with E-state index in [1.165, 1.54) is 98.7 Å². The van der Waals surface area contributed by atoms with E-state index in [4.69, 9.17) is 0 Å². The Morgan fingerprint density at radius 3 is 1.49 bits per heavy atom. The molecule has 0 N–H and O–H groups in total. The number of fused-ring (bicyclic) bond motifs is 5. The van der Waals surface area contributed by atoms with Crippen LogP contribution >= 0.6 is 0 Å². The Balaban J connectivity index is 1.34. The Kier molecular flexibility index (Phi) is 6.02. The molecule has 0 saturated heterocycles. The van der Waals surface area contributed by atoms with Gasteiger partial charge in [-0.25, -0.2) is 0 Å². The quantitative estimate of drug-likeness (QED) is 0.172. The fraction of sp³-hybridized carbons (Fsp3) is 0.0612. The van der Waals surface area contributed by atoms with Crippen LogP contribution in [-0.2, 0) is 5.41 Å². The minimum absolute atomic E-state index is 0.0976. The molecule has 0 fully saturated rings. The zero-order chi connectivity index (χ0) is 32.7. The van der Waals surface area contributed by atoms with E-state index < -0.39 is 0 Å². The molecule has 0 spiro atoms. The molecule has 0 aliphatic heterocycles. The van der Waals surface area contributed by atoms with E-state index in [0.29, 0.717) is 0 Å². The van der Waals surface area contributed by atoms with Crippen LogP contribution in [0.3, 0.4) is 0 Å². The summed E-state index contributed by atoms with van der Waals surface area (Å²) in [6, 6.07) is 63.2. The predicted octanol–water partition coefficient (Wildman–Crippen LogP) is 13.6. The van der Waals surface area contributed by atoms with Gasteiger partial charge in [0.2, 0.25) is 0 Å². The Morgan fingerprint density at radius 2 is 0.816 bits per heavy atom. The molecule has 0 amide bonds. The largest absolute Gasteiger partial charge is 0.0622 e. The van der Waals surface area contributed by atoms with Gasteiger partial charge in [0.05, 0.1) is 0 Å². The highest BCUT2D eigenvalue weighted by molar-refractivity contribution is 6.25. The van der Waals surface area contributed by atoms with E-state index in [9.17, 15) is 0 Å². The number of hydrogen-bond acceptors (Lipinski definition) is 0. The van der Waals surface area contributed by atoms with Crippen molar-refractivity contribution in [2.75, 3.05) is 0 Å². The molecule has 9 aromatic carbocycles. The molecule has 49 heavy (non-hydrogen) atoms. The SMILES string of the molecule is CC1(C)c2ccccc2-c2ccc(-c3c4ccccc4c(-c4cc5ccccc5cc4-c4ccccc4)c4ccccc34)c3cccc1c23. The molecule has 0 radical (unpaired) electrons. The first-order chi connectivity index (χ1) is 24.1. The van der Waals surface area contributed by atoms with Crippen LogP contribution in [0.5, 0.6) is 0 Å². The second-order valence-electron chi connectivity index (χ2n) is 14.0. The van der Waals surface area contributed by atoms with Gasteiger partial charge in [0, 0.05) is 5.41 Å². The third-order valence-corrected chi connectivity index (χ3v) is 11.0. The van der Waals surface area contributed by atoms with Crippen molar-refractivity contribution in [1.29, 1.82) is 0 Å². The fourth-order valence-electron chi connectivity index (χ4n) is 8.79. The van der Waals surface area contributed by atoms with Crippen molar-refractivity contribution in [2.24, 2.45) is 0 Å². The lowest BCUT2D eigenvalue weighted by molar-refractivity contribution is 0.645. The lowest BCUT2D eigenvalue weighted by Gasteiger charge is -2.35. The summed E-state index contributed by atoms with van der Waals surface area (Å²) in [6.07, 6.45) is 0. The molecule has 0 saturated carbocycles. The van der Waals surface area contributed by atoms with Crippen LogP contribution in [0.15, 0.2) is 170 Å². The van der Waals surface area contributed by atoms with Crippen LogP contribution in [0.2, 0.25) is 0 Å². The highest BCUT2D eigenvalue weighted by Gasteiger charge is 2.34. The molecule has 10 rings (SSSR count). The minimum Gasteiger partial charge on any atom is -0.0622 e. The molecular formula is C49H34. The second-order valence-corrected chi connectivity index (χ2v) is 14.0. The molecule has 0 heteroatoms. The summed E-state index contributed by atoms with van der Waals surface area (Å²) in [7, 11) is 0. The highest BCUT2D eigenvalue weighted by Crippen LogP contribution is 2.52. The normalized spacial score (nSPS) is 13.3. The molecule has 1 aliphatic carbocycles. The first-order valence-corrected chi connectivity index (χ1v) is 17.3. The van der Waals surface area contributed by atoms with E-state index in [1.807, 2.05) is 0 Å². The average molecular weight is 623 g/mol. The standard InChI is InChI=1S/C49H34/c1-49(2)44-25-13-12-19-34(44)40-27-28-41(39-24-14-26-45(49)48(39)40)46-35-20-8-10-22-37(35)47(38-23-11-9-21-36(38)46)43-30-33-18-7-6-17-32(33)29-42(43)31-15-4-3-5-16-31/h3-30H,1-2H3. The molecule has 0 heterocycles. The Hall–Kier alpha value is -5.98. The first-order valence-electron chi connectivity index (χ1n) is 17.3. The number of hydrogen-bond donors (Lipinski definition) is 0. The molecule has 0 aromatic heterocycles. The molecule has 230 valence electrons. The zero-order valence-electron chi connectivity index (χ0n) is 27.7. The van der Waals surface area contributed by atoms with Gasteiger partial charge >= 0.3 is 0 Å². The zero-order valence-corrected chi connectivity index (χ0v) is 27.7. The highest BCUT2D eigenvalue weighted by atomic mass is 14.4. The topological polar surface area (TPSA) is 0 Å². The van der Waals surface area contributed by atoms with Crippen LogP contribution in [0, 0.1) is 0 Å². The van der Waals surface area contributed by atoms with Crippen LogP contribution in [-0.4, -0.2) is 0 Å². The van der Waals surface area contributed by atoms with Gasteiger partial charge in [0.25, 0.3) is 0 Å². The van der Waals surface area contributed by atoms with Gasteiger partial charge in [-0.2, -0.15) is 0 Å². The third-order valence-electron chi connectivity index (χ3n) is 11.0. The molecule has 0 nitrogen and oxygen atoms in total. The summed E-state index contributed by atoms with van der Waals surface area (Å²) in [5, 5.41) is 10.3. The van der Waals surface area contributed by atoms with E-state index in [2.05, 4.69) is 184 Å². The van der Waals surface area contributed by atoms with E-state index in [0.717, 1.165) is 0 Å². The lowest BCUT2D eigenvalue weighted by atomic mass is 9.68. The van der Waals surface area contributed by atoms with Crippen molar-refractivity contribution in [2.45, 2.75) is 19.3 Å². The summed E-state index contributed by atoms with van der Waals surface area (Å²) in [5.74, 6) is 0. The maximum atomic E-state index is 2.41. The average Bonchev–Trinajstić information content (AvgIpc) is 3.16. The van der Waals surface area contributed by atoms with E-state index in [1.54, 1.807) is 0 Å². The van der Waals surface area contributed by atoms with Crippen molar-refractivity contribution in [3.63, 3.8) is 0 Å². The van der Waals surface area contributed by atoms with Crippen molar-refractivity contribution < 1.29 is 0 Å². The van der Waals surface area contributed by atoms with Gasteiger partial charge in [-0.1, -0.05) is 172 Å². The predicted molar refractivity (Wildman–Crippen MR) is 210 cm³/mol. The Bertz CT molecular complexity index is 2720. The van der Waals surface area contributed by atoms with Gasteiger partial charge in [0.15, 0.2) is 0 Å². The molecule has 9 aromatic rings. The van der Waals surface area contributed by atoms with Gasteiger partial charge < -0.3 is 0 Å². The maximum absolute atomic E-state index is 2.41. The summed E-state index contributed by atoms with van der Waals surface area (Å²) in [4.78, 5) is 0. The smallest absolute Gasteiger partial charge is 0.0159 e. The number of rotatable bonds is 3. The van der Waals surface area contributed by atoms with Crippen molar-refractivity contribution >= 4 is 43.1 Å². The summed E-state index contributed by atoms with van der Waals surface area (Å²) in [6.45, 7) is 4.76. The lowest BCUT2D eigenvalue weighted by Crippen LogP contribution is -2.23. The van der Waals surface area contributed by atoms with E-state index >= 15 is 0 Å². The minimum atomic E-state index is -0.0976. The third kappa shape index (κ3) is 4.04. The molecule has 1 aliphatic rings. The van der Waals surface area contributed by atoms with Crippen LogP contribution in [0.4, 0.5) is 0 Å². The Morgan fingerprint density at radius 1 is 0.327 bits per heavy atom. The maximum Gasteiger partial charge on any atom is 0.0159 e. The molecule has 0 atom stereocenters. The number of benzene rings is 9. The van der Waals surface area contributed by atoms with Crippen molar-refractivity contribution in [3.8, 4) is 44.5 Å². The first kappa shape index (κ1) is 28.1. The van der Waals surface area contributed by atoms with Gasteiger partial charge in [-0.3, -0.25) is 0 Å². The Labute approximate surface area is 286 Å². The monoisotopic (exact) mass is 622 g/mol.